The van der Waals surface area contributed by atoms with E-state index in [4.69, 9.17) is 5.11 Å². The van der Waals surface area contributed by atoms with Gasteiger partial charge < -0.3 is 14.6 Å². The quantitative estimate of drug-likeness (QED) is 0.865. The number of aromatic nitrogens is 2. The smallest absolute Gasteiger partial charge is 0.253 e. The van der Waals surface area contributed by atoms with Gasteiger partial charge in [-0.25, -0.2) is 4.98 Å². The zero-order valence-electron chi connectivity index (χ0n) is 11.6. The average Bonchev–Trinajstić information content (AvgIpc) is 2.98. The van der Waals surface area contributed by atoms with Gasteiger partial charge >= 0.3 is 0 Å². The highest BCUT2D eigenvalue weighted by molar-refractivity contribution is 5.94. The highest BCUT2D eigenvalue weighted by Crippen LogP contribution is 2.09. The third-order valence-electron chi connectivity index (χ3n) is 3.16. The molecule has 5 heteroatoms. The van der Waals surface area contributed by atoms with E-state index in [-0.39, 0.29) is 12.5 Å². The van der Waals surface area contributed by atoms with Crippen molar-refractivity contribution < 1.29 is 9.90 Å². The first kappa shape index (κ1) is 14.3. The molecule has 0 unspecified atom stereocenters. The maximum Gasteiger partial charge on any atom is 0.253 e. The Morgan fingerprint density at radius 2 is 2.10 bits per heavy atom. The average molecular weight is 273 g/mol. The third kappa shape index (κ3) is 3.45. The van der Waals surface area contributed by atoms with E-state index < -0.39 is 0 Å². The van der Waals surface area contributed by atoms with Crippen LogP contribution < -0.4 is 0 Å². The molecule has 106 valence electrons. The van der Waals surface area contributed by atoms with Gasteiger partial charge in [-0.3, -0.25) is 4.79 Å². The number of imidazole rings is 1. The van der Waals surface area contributed by atoms with Crippen LogP contribution >= 0.6 is 0 Å². The van der Waals surface area contributed by atoms with Crippen LogP contribution in [-0.4, -0.2) is 45.2 Å². The fourth-order valence-electron chi connectivity index (χ4n) is 2.05. The molecule has 0 radical (unpaired) electrons. The van der Waals surface area contributed by atoms with Gasteiger partial charge in [-0.05, 0) is 24.6 Å². The molecular formula is C15H19N3O2. The maximum absolute atomic E-state index is 12.2. The molecule has 0 bridgehead atoms. The van der Waals surface area contributed by atoms with Crippen molar-refractivity contribution in [2.45, 2.75) is 13.5 Å². The van der Waals surface area contributed by atoms with Crippen LogP contribution in [0.3, 0.4) is 0 Å². The van der Waals surface area contributed by atoms with Crippen molar-refractivity contribution in [2.75, 3.05) is 19.7 Å². The Kier molecular flexibility index (Phi) is 4.90. The van der Waals surface area contributed by atoms with Crippen LogP contribution in [-0.2, 0) is 6.54 Å². The number of nitrogens with zero attached hydrogens (tertiary/aromatic N) is 3. The first-order valence-electron chi connectivity index (χ1n) is 6.69. The minimum Gasteiger partial charge on any atom is -0.395 e. The standard InChI is InChI=1S/C15H19N3O2/c1-2-18(9-10-19)15(20)14-5-3-13(4-6-14)11-17-8-7-16-12-17/h3-8,12,19H,2,9-11H2,1H3. The van der Waals surface area contributed by atoms with Crippen LogP contribution in [0.2, 0.25) is 0 Å². The molecule has 1 amide bonds. The van der Waals surface area contributed by atoms with E-state index in [1.807, 2.05) is 42.0 Å². The summed E-state index contributed by atoms with van der Waals surface area (Å²) in [5.74, 6) is -0.0456. The predicted molar refractivity (Wildman–Crippen MR) is 76.4 cm³/mol. The second-order valence-corrected chi connectivity index (χ2v) is 4.54. The first-order chi connectivity index (χ1) is 9.74. The third-order valence-corrected chi connectivity index (χ3v) is 3.16. The second kappa shape index (κ2) is 6.86. The number of amides is 1. The molecule has 0 aliphatic carbocycles. The van der Waals surface area contributed by atoms with Crippen molar-refractivity contribution in [1.29, 1.82) is 0 Å². The fraction of sp³-hybridized carbons (Fsp3) is 0.333. The van der Waals surface area contributed by atoms with E-state index in [0.29, 0.717) is 18.7 Å². The zero-order valence-corrected chi connectivity index (χ0v) is 11.6. The Bertz CT molecular complexity index is 535. The Balaban J connectivity index is 2.05. The molecule has 0 fully saturated rings. The van der Waals surface area contributed by atoms with Gasteiger partial charge in [-0.15, -0.1) is 0 Å². The summed E-state index contributed by atoms with van der Waals surface area (Å²) in [6.07, 6.45) is 5.41. The monoisotopic (exact) mass is 273 g/mol. The lowest BCUT2D eigenvalue weighted by molar-refractivity contribution is 0.0732. The van der Waals surface area contributed by atoms with Gasteiger partial charge in [0.15, 0.2) is 0 Å². The van der Waals surface area contributed by atoms with Crippen molar-refractivity contribution in [1.82, 2.24) is 14.5 Å². The molecule has 20 heavy (non-hydrogen) atoms. The number of hydrogen-bond donors (Lipinski definition) is 1. The molecule has 0 atom stereocenters. The van der Waals surface area contributed by atoms with Crippen LogP contribution in [0.4, 0.5) is 0 Å². The van der Waals surface area contributed by atoms with Crippen molar-refractivity contribution in [3.8, 4) is 0 Å². The Morgan fingerprint density at radius 3 is 2.65 bits per heavy atom. The van der Waals surface area contributed by atoms with E-state index in [2.05, 4.69) is 4.98 Å². The number of hydrogen-bond acceptors (Lipinski definition) is 3. The van der Waals surface area contributed by atoms with Crippen LogP contribution in [0.15, 0.2) is 43.0 Å². The lowest BCUT2D eigenvalue weighted by Gasteiger charge is -2.19. The molecule has 5 nitrogen and oxygen atoms in total. The van der Waals surface area contributed by atoms with Crippen molar-refractivity contribution >= 4 is 5.91 Å². The number of rotatable bonds is 6. The molecule has 2 rings (SSSR count). The normalized spacial score (nSPS) is 10.5. The summed E-state index contributed by atoms with van der Waals surface area (Å²) in [5, 5.41) is 8.95. The molecule has 1 aromatic heterocycles. The van der Waals surface area contributed by atoms with E-state index in [9.17, 15) is 4.79 Å². The van der Waals surface area contributed by atoms with Gasteiger partial charge in [0.2, 0.25) is 0 Å². The van der Waals surface area contributed by atoms with E-state index in [1.165, 1.54) is 0 Å². The Morgan fingerprint density at radius 1 is 1.35 bits per heavy atom. The van der Waals surface area contributed by atoms with Gasteiger partial charge in [0.25, 0.3) is 5.91 Å². The zero-order chi connectivity index (χ0) is 14.4. The number of aliphatic hydroxyl groups is 1. The molecule has 2 aromatic rings. The topological polar surface area (TPSA) is 58.4 Å². The van der Waals surface area contributed by atoms with Gasteiger partial charge in [-0.2, -0.15) is 0 Å². The van der Waals surface area contributed by atoms with E-state index >= 15 is 0 Å². The molecule has 1 heterocycles. The fourth-order valence-corrected chi connectivity index (χ4v) is 2.05. The van der Waals surface area contributed by atoms with Gasteiger partial charge in [0.05, 0.1) is 12.9 Å². The lowest BCUT2D eigenvalue weighted by Crippen LogP contribution is -2.33. The number of carbonyl (C=O) groups excluding carboxylic acids is 1. The van der Waals surface area contributed by atoms with Crippen LogP contribution in [0.25, 0.3) is 0 Å². The number of carbonyl (C=O) groups is 1. The summed E-state index contributed by atoms with van der Waals surface area (Å²) in [4.78, 5) is 17.8. The van der Waals surface area contributed by atoms with Crippen LogP contribution in [0, 0.1) is 0 Å². The van der Waals surface area contributed by atoms with Crippen molar-refractivity contribution in [2.24, 2.45) is 0 Å². The number of benzene rings is 1. The molecule has 0 saturated heterocycles. The van der Waals surface area contributed by atoms with Gasteiger partial charge in [0.1, 0.15) is 0 Å². The SMILES string of the molecule is CCN(CCO)C(=O)c1ccc(Cn2ccnc2)cc1. The minimum atomic E-state index is -0.0456. The largest absolute Gasteiger partial charge is 0.395 e. The minimum absolute atomic E-state index is 0.0156. The summed E-state index contributed by atoms with van der Waals surface area (Å²) in [6, 6.07) is 7.54. The Hall–Kier alpha value is -2.14. The van der Waals surface area contributed by atoms with Crippen molar-refractivity contribution in [3.63, 3.8) is 0 Å². The van der Waals surface area contributed by atoms with Gasteiger partial charge in [-0.1, -0.05) is 12.1 Å². The highest BCUT2D eigenvalue weighted by atomic mass is 16.3. The summed E-state index contributed by atoms with van der Waals surface area (Å²) in [7, 11) is 0. The highest BCUT2D eigenvalue weighted by Gasteiger charge is 2.13. The molecule has 0 aliphatic heterocycles. The maximum atomic E-state index is 12.2. The molecule has 0 spiro atoms. The second-order valence-electron chi connectivity index (χ2n) is 4.54. The molecule has 1 N–H and O–H groups in total. The summed E-state index contributed by atoms with van der Waals surface area (Å²) in [6.45, 7) is 3.59. The van der Waals surface area contributed by atoms with E-state index in [0.717, 1.165) is 12.1 Å². The molecular weight excluding hydrogens is 254 g/mol. The summed E-state index contributed by atoms with van der Waals surface area (Å²) < 4.78 is 1.97. The molecule has 0 aliphatic rings. The van der Waals surface area contributed by atoms with Gasteiger partial charge in [0, 0.05) is 37.6 Å². The van der Waals surface area contributed by atoms with Crippen LogP contribution in [0.1, 0.15) is 22.8 Å². The van der Waals surface area contributed by atoms with E-state index in [1.54, 1.807) is 17.4 Å². The Labute approximate surface area is 118 Å². The molecule has 1 aromatic carbocycles. The molecule has 0 saturated carbocycles. The number of aliphatic hydroxyl groups excluding tert-OH is 1. The summed E-state index contributed by atoms with van der Waals surface area (Å²) in [5.41, 5.74) is 1.76. The van der Waals surface area contributed by atoms with Crippen LogP contribution in [0.5, 0.6) is 0 Å². The lowest BCUT2D eigenvalue weighted by atomic mass is 10.1. The van der Waals surface area contributed by atoms with Crippen molar-refractivity contribution in [3.05, 3.63) is 54.1 Å². The first-order valence-corrected chi connectivity index (χ1v) is 6.69. The summed E-state index contributed by atoms with van der Waals surface area (Å²) >= 11 is 0. The number of likely N-dealkylation sites (N-methyl/N-ethyl adjacent to an activating group) is 1. The predicted octanol–water partition coefficient (Wildman–Crippen LogP) is 1.39.